The number of nitrogens with two attached hydrogens (primary N) is 1. The molecule has 2 aromatic rings. The Morgan fingerprint density at radius 3 is 2.64 bits per heavy atom. The van der Waals surface area contributed by atoms with Gasteiger partial charge < -0.3 is 0 Å². The van der Waals surface area contributed by atoms with Crippen molar-refractivity contribution in [2.45, 2.75) is 13.8 Å². The van der Waals surface area contributed by atoms with Gasteiger partial charge in [-0.15, -0.1) is 22.7 Å². The van der Waals surface area contributed by atoms with Crippen LogP contribution in [0.5, 0.6) is 0 Å². The van der Waals surface area contributed by atoms with Gasteiger partial charge in [-0.1, -0.05) is 0 Å². The molecular formula is C8H10N4S2. The number of hydrogen-bond donors (Lipinski definition) is 2. The molecule has 0 aliphatic carbocycles. The largest absolute Gasteiger partial charge is 0.300 e. The lowest BCUT2D eigenvalue weighted by molar-refractivity contribution is 1.20. The quantitative estimate of drug-likeness (QED) is 0.608. The van der Waals surface area contributed by atoms with Gasteiger partial charge in [0.15, 0.2) is 5.13 Å². The SMILES string of the molecule is Cc1nc(C)c(-c2csc(NN)n2)s1. The number of aryl methyl sites for hydroxylation is 2. The summed E-state index contributed by atoms with van der Waals surface area (Å²) >= 11 is 3.15. The smallest absolute Gasteiger partial charge is 0.197 e. The molecule has 0 bridgehead atoms. The zero-order valence-electron chi connectivity index (χ0n) is 7.87. The molecule has 14 heavy (non-hydrogen) atoms. The number of hydrogen-bond acceptors (Lipinski definition) is 6. The van der Waals surface area contributed by atoms with E-state index in [2.05, 4.69) is 15.4 Å². The molecule has 0 amide bonds. The summed E-state index contributed by atoms with van der Waals surface area (Å²) in [5.41, 5.74) is 4.51. The lowest BCUT2D eigenvalue weighted by Crippen LogP contribution is -2.05. The second-order valence-corrected chi connectivity index (χ2v) is 4.89. The first-order chi connectivity index (χ1) is 6.70. The number of thiazole rings is 2. The van der Waals surface area contributed by atoms with Crippen LogP contribution in [0.15, 0.2) is 5.38 Å². The van der Waals surface area contributed by atoms with Crippen molar-refractivity contribution in [3.63, 3.8) is 0 Å². The van der Waals surface area contributed by atoms with Crippen LogP contribution in [-0.2, 0) is 0 Å². The van der Waals surface area contributed by atoms with Gasteiger partial charge in [0.2, 0.25) is 0 Å². The van der Waals surface area contributed by atoms with Crippen LogP contribution in [0.4, 0.5) is 5.13 Å². The normalized spacial score (nSPS) is 10.5. The van der Waals surface area contributed by atoms with Gasteiger partial charge in [0.25, 0.3) is 0 Å². The fourth-order valence-corrected chi connectivity index (χ4v) is 2.78. The molecule has 6 heteroatoms. The molecule has 2 rings (SSSR count). The number of nitrogens with one attached hydrogen (secondary N) is 1. The molecule has 0 aromatic carbocycles. The van der Waals surface area contributed by atoms with E-state index in [4.69, 9.17) is 5.84 Å². The molecule has 3 N–H and O–H groups in total. The average molecular weight is 226 g/mol. The van der Waals surface area contributed by atoms with Crippen LogP contribution >= 0.6 is 22.7 Å². The third-order valence-corrected chi connectivity index (χ3v) is 3.63. The van der Waals surface area contributed by atoms with Gasteiger partial charge in [-0.05, 0) is 13.8 Å². The van der Waals surface area contributed by atoms with Crippen molar-refractivity contribution in [1.82, 2.24) is 9.97 Å². The molecule has 0 saturated carbocycles. The summed E-state index contributed by atoms with van der Waals surface area (Å²) in [5.74, 6) is 5.27. The van der Waals surface area contributed by atoms with Crippen molar-refractivity contribution in [2.24, 2.45) is 5.84 Å². The third kappa shape index (κ3) is 1.63. The van der Waals surface area contributed by atoms with Gasteiger partial charge in [-0.25, -0.2) is 15.8 Å². The molecule has 0 unspecified atom stereocenters. The molecule has 0 atom stereocenters. The highest BCUT2D eigenvalue weighted by Crippen LogP contribution is 2.31. The summed E-state index contributed by atoms with van der Waals surface area (Å²) in [6.45, 7) is 3.99. The van der Waals surface area contributed by atoms with E-state index in [0.717, 1.165) is 26.4 Å². The topological polar surface area (TPSA) is 63.8 Å². The van der Waals surface area contributed by atoms with E-state index in [1.54, 1.807) is 11.3 Å². The van der Waals surface area contributed by atoms with Crippen LogP contribution in [0.3, 0.4) is 0 Å². The fourth-order valence-electron chi connectivity index (χ4n) is 1.21. The Morgan fingerprint density at radius 2 is 2.14 bits per heavy atom. The molecule has 4 nitrogen and oxygen atoms in total. The van der Waals surface area contributed by atoms with Crippen molar-refractivity contribution in [3.05, 3.63) is 16.1 Å². The second-order valence-electron chi connectivity index (χ2n) is 2.83. The molecule has 0 aliphatic rings. The molecular weight excluding hydrogens is 216 g/mol. The Hall–Kier alpha value is -0.980. The molecule has 0 fully saturated rings. The Morgan fingerprint density at radius 1 is 1.36 bits per heavy atom. The Balaban J connectivity index is 2.43. The average Bonchev–Trinajstić information content (AvgIpc) is 2.71. The molecule has 0 spiro atoms. The van der Waals surface area contributed by atoms with Gasteiger partial charge >= 0.3 is 0 Å². The Bertz CT molecular complexity index is 446. The van der Waals surface area contributed by atoms with Crippen LogP contribution in [0.1, 0.15) is 10.7 Å². The zero-order valence-corrected chi connectivity index (χ0v) is 9.50. The minimum absolute atomic E-state index is 0.727. The van der Waals surface area contributed by atoms with Crippen LogP contribution < -0.4 is 11.3 Å². The molecule has 0 radical (unpaired) electrons. The van der Waals surface area contributed by atoms with Crippen LogP contribution in [-0.4, -0.2) is 9.97 Å². The number of aromatic nitrogens is 2. The minimum Gasteiger partial charge on any atom is -0.300 e. The molecule has 74 valence electrons. The zero-order chi connectivity index (χ0) is 10.1. The maximum absolute atomic E-state index is 5.27. The van der Waals surface area contributed by atoms with Crippen molar-refractivity contribution in [2.75, 3.05) is 5.43 Å². The van der Waals surface area contributed by atoms with E-state index in [9.17, 15) is 0 Å². The highest BCUT2D eigenvalue weighted by Gasteiger charge is 2.10. The van der Waals surface area contributed by atoms with E-state index in [1.807, 2.05) is 19.2 Å². The Kier molecular flexibility index (Phi) is 2.49. The fraction of sp³-hybridized carbons (Fsp3) is 0.250. The number of hydrazine groups is 1. The summed E-state index contributed by atoms with van der Waals surface area (Å²) in [4.78, 5) is 9.81. The van der Waals surface area contributed by atoms with Gasteiger partial charge in [-0.2, -0.15) is 0 Å². The summed E-state index contributed by atoms with van der Waals surface area (Å²) < 4.78 is 0. The number of nitrogens with zero attached hydrogens (tertiary/aromatic N) is 2. The van der Waals surface area contributed by atoms with Crippen molar-refractivity contribution in [3.8, 4) is 10.6 Å². The number of rotatable bonds is 2. The molecule has 0 saturated heterocycles. The van der Waals surface area contributed by atoms with Crippen LogP contribution in [0, 0.1) is 13.8 Å². The van der Waals surface area contributed by atoms with Crippen molar-refractivity contribution in [1.29, 1.82) is 0 Å². The van der Waals surface area contributed by atoms with Gasteiger partial charge in [0.1, 0.15) is 0 Å². The van der Waals surface area contributed by atoms with Crippen LogP contribution in [0.25, 0.3) is 10.6 Å². The lowest BCUT2D eigenvalue weighted by atomic mass is 10.3. The van der Waals surface area contributed by atoms with Crippen molar-refractivity contribution < 1.29 is 0 Å². The van der Waals surface area contributed by atoms with Gasteiger partial charge in [0, 0.05) is 5.38 Å². The lowest BCUT2D eigenvalue weighted by Gasteiger charge is -1.91. The highest BCUT2D eigenvalue weighted by atomic mass is 32.1. The first-order valence-corrected chi connectivity index (χ1v) is 5.77. The Labute approximate surface area is 89.8 Å². The van der Waals surface area contributed by atoms with Crippen LogP contribution in [0.2, 0.25) is 0 Å². The highest BCUT2D eigenvalue weighted by molar-refractivity contribution is 7.16. The molecule has 2 aromatic heterocycles. The first kappa shape index (κ1) is 9.57. The number of nitrogen functional groups attached to an aromatic ring is 1. The van der Waals surface area contributed by atoms with Gasteiger partial charge in [0.05, 0.1) is 21.3 Å². The van der Waals surface area contributed by atoms with E-state index in [0.29, 0.717) is 0 Å². The third-order valence-electron chi connectivity index (χ3n) is 1.76. The van der Waals surface area contributed by atoms with Gasteiger partial charge in [-0.3, -0.25) is 5.43 Å². The van der Waals surface area contributed by atoms with E-state index >= 15 is 0 Å². The summed E-state index contributed by atoms with van der Waals surface area (Å²) in [6.07, 6.45) is 0. The van der Waals surface area contributed by atoms with E-state index in [1.165, 1.54) is 11.3 Å². The summed E-state index contributed by atoms with van der Waals surface area (Å²) in [6, 6.07) is 0. The molecule has 0 aliphatic heterocycles. The predicted octanol–water partition coefficient (Wildman–Crippen LogP) is 2.17. The monoisotopic (exact) mass is 226 g/mol. The van der Waals surface area contributed by atoms with E-state index < -0.39 is 0 Å². The first-order valence-electron chi connectivity index (χ1n) is 4.07. The standard InChI is InChI=1S/C8H10N4S2/c1-4-7(14-5(2)10-4)6-3-13-8(11-6)12-9/h3H,9H2,1-2H3,(H,11,12). The van der Waals surface area contributed by atoms with E-state index in [-0.39, 0.29) is 0 Å². The second kappa shape index (κ2) is 3.64. The summed E-state index contributed by atoms with van der Waals surface area (Å²) in [7, 11) is 0. The summed E-state index contributed by atoms with van der Waals surface area (Å²) in [5, 5.41) is 3.77. The maximum Gasteiger partial charge on any atom is 0.197 e. The number of anilines is 1. The maximum atomic E-state index is 5.27. The van der Waals surface area contributed by atoms with Crippen molar-refractivity contribution >= 4 is 27.8 Å². The predicted molar refractivity (Wildman–Crippen MR) is 60.5 cm³/mol. The minimum atomic E-state index is 0.727. The molecule has 2 heterocycles.